The number of fused-ring (bicyclic) bond motifs is 1. The summed E-state index contributed by atoms with van der Waals surface area (Å²) in [6.45, 7) is 2.53. The van der Waals surface area contributed by atoms with Crippen molar-refractivity contribution in [1.82, 2.24) is 14.7 Å². The quantitative estimate of drug-likeness (QED) is 0.751. The summed E-state index contributed by atoms with van der Waals surface area (Å²) in [5, 5.41) is 3.14. The minimum atomic E-state index is -0.0579. The maximum Gasteiger partial charge on any atom is 0.228 e. The molecule has 3 aromatic rings. The second-order valence-corrected chi connectivity index (χ2v) is 7.28. The zero-order chi connectivity index (χ0) is 17.9. The van der Waals surface area contributed by atoms with Crippen molar-refractivity contribution in [3.63, 3.8) is 0 Å². The molecule has 0 saturated heterocycles. The van der Waals surface area contributed by atoms with E-state index in [1.54, 1.807) is 0 Å². The third-order valence-electron chi connectivity index (χ3n) is 5.50. The minimum absolute atomic E-state index is 0.0579. The number of pyridine rings is 1. The Bertz CT molecular complexity index is 894. The van der Waals surface area contributed by atoms with Crippen LogP contribution in [0, 0.1) is 12.8 Å². The van der Waals surface area contributed by atoms with Crippen LogP contribution < -0.4 is 5.32 Å². The van der Waals surface area contributed by atoms with Crippen LogP contribution in [0.3, 0.4) is 0 Å². The van der Waals surface area contributed by atoms with Gasteiger partial charge in [-0.25, -0.2) is 4.98 Å². The van der Waals surface area contributed by atoms with Crippen molar-refractivity contribution in [1.29, 1.82) is 0 Å². The Balaban J connectivity index is 1.51. The van der Waals surface area contributed by atoms with Gasteiger partial charge in [-0.1, -0.05) is 49.2 Å². The number of benzene rings is 1. The summed E-state index contributed by atoms with van der Waals surface area (Å²) in [5.74, 6) is 0.509. The van der Waals surface area contributed by atoms with Crippen LogP contribution in [0.15, 0.2) is 54.7 Å². The number of imidazole rings is 1. The summed E-state index contributed by atoms with van der Waals surface area (Å²) in [7, 11) is 0. The van der Waals surface area contributed by atoms with E-state index in [0.717, 1.165) is 35.4 Å². The maximum absolute atomic E-state index is 13.0. The molecule has 0 spiro atoms. The molecule has 0 unspecified atom stereocenters. The number of nitrogens with zero attached hydrogens (tertiary/aromatic N) is 2. The molecule has 1 amide bonds. The van der Waals surface area contributed by atoms with Gasteiger partial charge in [0.1, 0.15) is 5.65 Å². The number of aryl methyl sites for hydroxylation is 1. The molecular weight excluding hydrogens is 322 g/mol. The van der Waals surface area contributed by atoms with Crippen molar-refractivity contribution in [3.05, 3.63) is 71.7 Å². The van der Waals surface area contributed by atoms with E-state index in [1.807, 2.05) is 36.5 Å². The van der Waals surface area contributed by atoms with Gasteiger partial charge < -0.3 is 9.72 Å². The topological polar surface area (TPSA) is 46.4 Å². The molecule has 0 aliphatic heterocycles. The van der Waals surface area contributed by atoms with Gasteiger partial charge >= 0.3 is 0 Å². The Morgan fingerprint density at radius 2 is 1.92 bits per heavy atom. The monoisotopic (exact) mass is 347 g/mol. The molecule has 2 heterocycles. The second-order valence-electron chi connectivity index (χ2n) is 7.28. The van der Waals surface area contributed by atoms with Crippen molar-refractivity contribution in [2.45, 2.75) is 45.1 Å². The summed E-state index contributed by atoms with van der Waals surface area (Å²) in [4.78, 5) is 17.7. The highest BCUT2D eigenvalue weighted by Crippen LogP contribution is 2.37. The third-order valence-corrected chi connectivity index (χ3v) is 5.50. The molecule has 0 radical (unpaired) electrons. The van der Waals surface area contributed by atoms with Gasteiger partial charge in [0.15, 0.2) is 0 Å². The van der Waals surface area contributed by atoms with Crippen LogP contribution in [0.25, 0.3) is 5.65 Å². The van der Waals surface area contributed by atoms with Crippen LogP contribution in [-0.4, -0.2) is 15.3 Å². The van der Waals surface area contributed by atoms with Gasteiger partial charge in [-0.3, -0.25) is 4.79 Å². The molecule has 1 fully saturated rings. The van der Waals surface area contributed by atoms with E-state index in [1.165, 1.54) is 12.8 Å². The van der Waals surface area contributed by atoms with Crippen molar-refractivity contribution in [2.24, 2.45) is 5.92 Å². The molecule has 1 N–H and O–H groups in total. The van der Waals surface area contributed by atoms with Crippen molar-refractivity contribution >= 4 is 11.6 Å². The van der Waals surface area contributed by atoms with Gasteiger partial charge in [0, 0.05) is 11.9 Å². The molecule has 1 aromatic carbocycles. The highest BCUT2D eigenvalue weighted by atomic mass is 16.1. The number of nitrogens with one attached hydrogen (secondary N) is 1. The van der Waals surface area contributed by atoms with E-state index in [2.05, 4.69) is 39.8 Å². The lowest BCUT2D eigenvalue weighted by atomic mass is 9.84. The smallest absolute Gasteiger partial charge is 0.228 e. The number of amides is 1. The molecule has 1 aliphatic carbocycles. The van der Waals surface area contributed by atoms with Crippen molar-refractivity contribution in [2.75, 3.05) is 0 Å². The van der Waals surface area contributed by atoms with E-state index in [0.29, 0.717) is 12.5 Å². The lowest BCUT2D eigenvalue weighted by Gasteiger charge is -2.23. The Hall–Kier alpha value is -2.62. The van der Waals surface area contributed by atoms with Crippen molar-refractivity contribution < 1.29 is 4.79 Å². The van der Waals surface area contributed by atoms with Crippen molar-refractivity contribution in [3.8, 4) is 0 Å². The molecule has 4 nitrogen and oxygen atoms in total. The van der Waals surface area contributed by atoms with Gasteiger partial charge in [0.2, 0.25) is 5.91 Å². The summed E-state index contributed by atoms with van der Waals surface area (Å²) in [5.41, 5.74) is 4.08. The van der Waals surface area contributed by atoms with E-state index >= 15 is 0 Å². The molecule has 1 atom stereocenters. The fourth-order valence-electron chi connectivity index (χ4n) is 4.16. The van der Waals surface area contributed by atoms with E-state index in [9.17, 15) is 4.79 Å². The molecular formula is C22H25N3O. The van der Waals surface area contributed by atoms with Crippen LogP contribution in [0.1, 0.15) is 48.6 Å². The standard InChI is InChI=1S/C22H25N3O/c1-16-8-7-13-20-24-19(15-25(16)20)14-23-22(26)21(18-11-5-6-12-18)17-9-3-2-4-10-17/h2-4,7-10,13,15,18,21H,5-6,11-12,14H2,1H3,(H,23,26)/t21-/m1/s1. The number of aromatic nitrogens is 2. The second kappa shape index (κ2) is 7.32. The van der Waals surface area contributed by atoms with Crippen LogP contribution >= 0.6 is 0 Å². The van der Waals surface area contributed by atoms with Gasteiger partial charge in [-0.2, -0.15) is 0 Å². The number of hydrogen-bond donors (Lipinski definition) is 1. The first-order chi connectivity index (χ1) is 12.7. The maximum atomic E-state index is 13.0. The van der Waals surface area contributed by atoms with Gasteiger partial charge in [0.05, 0.1) is 18.2 Å². The number of rotatable bonds is 5. The van der Waals surface area contributed by atoms with E-state index in [-0.39, 0.29) is 11.8 Å². The first-order valence-electron chi connectivity index (χ1n) is 9.48. The highest BCUT2D eigenvalue weighted by Gasteiger charge is 2.31. The molecule has 4 rings (SSSR count). The first-order valence-corrected chi connectivity index (χ1v) is 9.48. The zero-order valence-corrected chi connectivity index (χ0v) is 15.2. The van der Waals surface area contributed by atoms with Crippen LogP contribution in [0.4, 0.5) is 0 Å². The SMILES string of the molecule is Cc1cccc2nc(CNC(=O)[C@H](c3ccccc3)C3CCCC3)cn12. The Labute approximate surface area is 154 Å². The summed E-state index contributed by atoms with van der Waals surface area (Å²) < 4.78 is 2.06. The molecule has 1 aliphatic rings. The van der Waals surface area contributed by atoms with E-state index in [4.69, 9.17) is 0 Å². The summed E-state index contributed by atoms with van der Waals surface area (Å²) in [6.07, 6.45) is 6.75. The predicted octanol–water partition coefficient (Wildman–Crippen LogP) is 4.23. The molecule has 26 heavy (non-hydrogen) atoms. The average molecular weight is 347 g/mol. The van der Waals surface area contributed by atoms with Gasteiger partial charge in [-0.05, 0) is 43.4 Å². The molecule has 2 aromatic heterocycles. The predicted molar refractivity (Wildman–Crippen MR) is 103 cm³/mol. The number of carbonyl (C=O) groups is 1. The largest absolute Gasteiger partial charge is 0.350 e. The number of carbonyl (C=O) groups excluding carboxylic acids is 1. The highest BCUT2D eigenvalue weighted by molar-refractivity contribution is 5.84. The fraction of sp³-hybridized carbons (Fsp3) is 0.364. The molecule has 134 valence electrons. The molecule has 4 heteroatoms. The van der Waals surface area contributed by atoms with Gasteiger partial charge in [0.25, 0.3) is 0 Å². The summed E-state index contributed by atoms with van der Waals surface area (Å²) in [6, 6.07) is 16.3. The lowest BCUT2D eigenvalue weighted by molar-refractivity contribution is -0.123. The normalized spacial score (nSPS) is 16.0. The van der Waals surface area contributed by atoms with Crippen LogP contribution in [0.2, 0.25) is 0 Å². The zero-order valence-electron chi connectivity index (χ0n) is 15.2. The Morgan fingerprint density at radius 3 is 2.65 bits per heavy atom. The first kappa shape index (κ1) is 16.8. The molecule has 0 bridgehead atoms. The Kier molecular flexibility index (Phi) is 4.74. The third kappa shape index (κ3) is 3.36. The van der Waals surface area contributed by atoms with Crippen LogP contribution in [-0.2, 0) is 11.3 Å². The van der Waals surface area contributed by atoms with Gasteiger partial charge in [-0.15, -0.1) is 0 Å². The number of hydrogen-bond acceptors (Lipinski definition) is 2. The summed E-state index contributed by atoms with van der Waals surface area (Å²) >= 11 is 0. The van der Waals surface area contributed by atoms with E-state index < -0.39 is 0 Å². The lowest BCUT2D eigenvalue weighted by Crippen LogP contribution is -2.32. The average Bonchev–Trinajstić information content (AvgIpc) is 3.31. The van der Waals surface area contributed by atoms with Crippen LogP contribution in [0.5, 0.6) is 0 Å². The fourth-order valence-corrected chi connectivity index (χ4v) is 4.16. The Morgan fingerprint density at radius 1 is 1.15 bits per heavy atom. The minimum Gasteiger partial charge on any atom is -0.350 e. The molecule has 1 saturated carbocycles.